The molecule has 1 aliphatic heterocycles. The summed E-state index contributed by atoms with van der Waals surface area (Å²) in [7, 11) is 0. The molecule has 2 nitrogen and oxygen atoms in total. The number of benzene rings is 1. The van der Waals surface area contributed by atoms with Crippen molar-refractivity contribution in [2.45, 2.75) is 45.7 Å². The van der Waals surface area contributed by atoms with Crippen LogP contribution in [0.15, 0.2) is 22.7 Å². The van der Waals surface area contributed by atoms with Gasteiger partial charge in [-0.1, -0.05) is 36.7 Å². The fourth-order valence-corrected chi connectivity index (χ4v) is 3.30. The number of piperazine rings is 1. The Bertz CT molecular complexity index is 450. The fourth-order valence-electron chi connectivity index (χ4n) is 2.96. The summed E-state index contributed by atoms with van der Waals surface area (Å²) in [6.45, 7) is 8.45. The molecule has 2 unspecified atom stereocenters. The zero-order chi connectivity index (χ0) is 14.7. The zero-order valence-corrected chi connectivity index (χ0v) is 14.1. The van der Waals surface area contributed by atoms with Crippen LogP contribution in [0, 0.1) is 11.7 Å². The van der Waals surface area contributed by atoms with E-state index in [1.54, 1.807) is 6.07 Å². The van der Waals surface area contributed by atoms with Gasteiger partial charge < -0.3 is 10.2 Å². The molecular formula is C16H24BrFN2. The molecule has 0 spiro atoms. The van der Waals surface area contributed by atoms with Gasteiger partial charge in [-0.2, -0.15) is 0 Å². The highest BCUT2D eigenvalue weighted by Gasteiger charge is 2.28. The molecule has 112 valence electrons. The second-order valence-electron chi connectivity index (χ2n) is 6.04. The SMILES string of the molecule is CCC1CNC(CC(C)C)CN1c1ccc(Br)cc1F. The molecule has 0 aromatic heterocycles. The summed E-state index contributed by atoms with van der Waals surface area (Å²) in [4.78, 5) is 2.24. The van der Waals surface area contributed by atoms with E-state index in [0.29, 0.717) is 18.0 Å². The third kappa shape index (κ3) is 3.73. The van der Waals surface area contributed by atoms with Gasteiger partial charge in [-0.3, -0.25) is 0 Å². The Balaban J connectivity index is 2.20. The third-order valence-corrected chi connectivity index (χ3v) is 4.44. The Morgan fingerprint density at radius 2 is 2.20 bits per heavy atom. The topological polar surface area (TPSA) is 15.3 Å². The number of anilines is 1. The van der Waals surface area contributed by atoms with E-state index >= 15 is 0 Å². The summed E-state index contributed by atoms with van der Waals surface area (Å²) >= 11 is 3.33. The first-order valence-corrected chi connectivity index (χ1v) is 8.25. The molecule has 0 bridgehead atoms. The summed E-state index contributed by atoms with van der Waals surface area (Å²) in [5.41, 5.74) is 0.732. The lowest BCUT2D eigenvalue weighted by Crippen LogP contribution is -2.57. The van der Waals surface area contributed by atoms with Crippen molar-refractivity contribution >= 4 is 21.6 Å². The number of hydrogen-bond donors (Lipinski definition) is 1. The fraction of sp³-hybridized carbons (Fsp3) is 0.625. The minimum atomic E-state index is -0.136. The van der Waals surface area contributed by atoms with E-state index in [9.17, 15) is 4.39 Å². The van der Waals surface area contributed by atoms with E-state index in [0.717, 1.165) is 36.1 Å². The molecule has 1 aromatic carbocycles. The smallest absolute Gasteiger partial charge is 0.147 e. The molecule has 0 saturated carbocycles. The molecule has 1 N–H and O–H groups in total. The Morgan fingerprint density at radius 3 is 2.80 bits per heavy atom. The Kier molecular flexibility index (Phi) is 5.44. The number of rotatable bonds is 4. The zero-order valence-electron chi connectivity index (χ0n) is 12.5. The summed E-state index contributed by atoms with van der Waals surface area (Å²) in [6.07, 6.45) is 2.15. The van der Waals surface area contributed by atoms with Crippen molar-refractivity contribution in [3.8, 4) is 0 Å². The van der Waals surface area contributed by atoms with Gasteiger partial charge in [0.05, 0.1) is 5.69 Å². The van der Waals surface area contributed by atoms with Gasteiger partial charge in [0.2, 0.25) is 0 Å². The van der Waals surface area contributed by atoms with Crippen molar-refractivity contribution in [2.75, 3.05) is 18.0 Å². The van der Waals surface area contributed by atoms with E-state index in [-0.39, 0.29) is 5.82 Å². The quantitative estimate of drug-likeness (QED) is 0.882. The van der Waals surface area contributed by atoms with Gasteiger partial charge in [0, 0.05) is 29.6 Å². The molecule has 4 heteroatoms. The second-order valence-corrected chi connectivity index (χ2v) is 6.96. The predicted molar refractivity (Wildman–Crippen MR) is 86.8 cm³/mol. The summed E-state index contributed by atoms with van der Waals surface area (Å²) in [5, 5.41) is 3.61. The highest BCUT2D eigenvalue weighted by atomic mass is 79.9. The minimum absolute atomic E-state index is 0.136. The molecule has 0 radical (unpaired) electrons. The average molecular weight is 343 g/mol. The summed E-state index contributed by atoms with van der Waals surface area (Å²) < 4.78 is 15.0. The molecule has 1 fully saturated rings. The van der Waals surface area contributed by atoms with Gasteiger partial charge in [0.15, 0.2) is 0 Å². The lowest BCUT2D eigenvalue weighted by Gasteiger charge is -2.42. The first-order valence-electron chi connectivity index (χ1n) is 7.46. The average Bonchev–Trinajstić information content (AvgIpc) is 2.38. The van der Waals surface area contributed by atoms with Gasteiger partial charge in [0.25, 0.3) is 0 Å². The highest BCUT2D eigenvalue weighted by Crippen LogP contribution is 2.28. The minimum Gasteiger partial charge on any atom is -0.363 e. The number of halogens is 2. The highest BCUT2D eigenvalue weighted by molar-refractivity contribution is 9.10. The van der Waals surface area contributed by atoms with E-state index in [1.807, 2.05) is 12.1 Å². The van der Waals surface area contributed by atoms with Gasteiger partial charge in [-0.25, -0.2) is 4.39 Å². The normalized spacial score (nSPS) is 23.4. The Labute approximate surface area is 129 Å². The number of nitrogens with zero attached hydrogens (tertiary/aromatic N) is 1. The third-order valence-electron chi connectivity index (χ3n) is 3.95. The molecule has 0 aliphatic carbocycles. The van der Waals surface area contributed by atoms with Crippen LogP contribution in [0.5, 0.6) is 0 Å². The molecule has 20 heavy (non-hydrogen) atoms. The molecule has 2 rings (SSSR count). The van der Waals surface area contributed by atoms with E-state index < -0.39 is 0 Å². The largest absolute Gasteiger partial charge is 0.363 e. The van der Waals surface area contributed by atoms with E-state index in [2.05, 4.69) is 46.9 Å². The number of hydrogen-bond acceptors (Lipinski definition) is 2. The Hall–Kier alpha value is -0.610. The van der Waals surface area contributed by atoms with E-state index in [1.165, 1.54) is 0 Å². The molecule has 1 heterocycles. The summed E-state index contributed by atoms with van der Waals surface area (Å²) in [5.74, 6) is 0.519. The molecular weight excluding hydrogens is 319 g/mol. The monoisotopic (exact) mass is 342 g/mol. The maximum Gasteiger partial charge on any atom is 0.147 e. The van der Waals surface area contributed by atoms with Crippen molar-refractivity contribution in [1.82, 2.24) is 5.32 Å². The molecule has 1 saturated heterocycles. The van der Waals surface area contributed by atoms with Crippen LogP contribution >= 0.6 is 15.9 Å². The number of nitrogens with one attached hydrogen (secondary N) is 1. The Morgan fingerprint density at radius 1 is 1.45 bits per heavy atom. The van der Waals surface area contributed by atoms with Crippen LogP contribution in [0.25, 0.3) is 0 Å². The van der Waals surface area contributed by atoms with Crippen molar-refractivity contribution in [3.05, 3.63) is 28.5 Å². The van der Waals surface area contributed by atoms with Crippen LogP contribution < -0.4 is 10.2 Å². The maximum absolute atomic E-state index is 14.2. The van der Waals surface area contributed by atoms with Crippen molar-refractivity contribution < 1.29 is 4.39 Å². The molecule has 1 aliphatic rings. The van der Waals surface area contributed by atoms with Crippen molar-refractivity contribution in [2.24, 2.45) is 5.92 Å². The maximum atomic E-state index is 14.2. The van der Waals surface area contributed by atoms with Crippen molar-refractivity contribution in [3.63, 3.8) is 0 Å². The van der Waals surface area contributed by atoms with Gasteiger partial charge in [-0.15, -0.1) is 0 Å². The lowest BCUT2D eigenvalue weighted by molar-refractivity contribution is 0.341. The second kappa shape index (κ2) is 6.90. The van der Waals surface area contributed by atoms with E-state index in [4.69, 9.17) is 0 Å². The predicted octanol–water partition coefficient (Wildman–Crippen LogP) is 4.19. The van der Waals surface area contributed by atoms with Gasteiger partial charge in [0.1, 0.15) is 5.82 Å². The van der Waals surface area contributed by atoms with Gasteiger partial charge in [-0.05, 0) is 37.0 Å². The standard InChI is InChI=1S/C16H24BrFN2/c1-4-14-9-19-13(7-11(2)3)10-20(14)16-6-5-12(17)8-15(16)18/h5-6,8,11,13-14,19H,4,7,9-10H2,1-3H3. The van der Waals surface area contributed by atoms with Crippen LogP contribution in [0.1, 0.15) is 33.6 Å². The molecule has 0 amide bonds. The molecule has 1 aromatic rings. The van der Waals surface area contributed by atoms with Crippen molar-refractivity contribution in [1.29, 1.82) is 0 Å². The first kappa shape index (κ1) is 15.8. The van der Waals surface area contributed by atoms with Crippen LogP contribution in [0.4, 0.5) is 10.1 Å². The van der Waals surface area contributed by atoms with Crippen LogP contribution in [-0.2, 0) is 0 Å². The van der Waals surface area contributed by atoms with Crippen LogP contribution in [0.2, 0.25) is 0 Å². The summed E-state index contributed by atoms with van der Waals surface area (Å²) in [6, 6.07) is 6.18. The van der Waals surface area contributed by atoms with Crippen LogP contribution in [-0.4, -0.2) is 25.2 Å². The lowest BCUT2D eigenvalue weighted by atomic mass is 9.98. The first-order chi connectivity index (χ1) is 9.51. The molecule has 2 atom stereocenters. The van der Waals surface area contributed by atoms with Crippen LogP contribution in [0.3, 0.4) is 0 Å². The van der Waals surface area contributed by atoms with Gasteiger partial charge >= 0.3 is 0 Å².